The van der Waals surface area contributed by atoms with Crippen molar-refractivity contribution in [2.75, 3.05) is 0 Å². The Hall–Kier alpha value is -3.72. The molecular formula is C32H26F6. The molecule has 0 atom stereocenters. The van der Waals surface area contributed by atoms with E-state index in [1.165, 1.54) is 43.4 Å². The van der Waals surface area contributed by atoms with Crippen LogP contribution in [0, 0.1) is 29.3 Å². The predicted molar refractivity (Wildman–Crippen MR) is 139 cm³/mol. The van der Waals surface area contributed by atoms with Gasteiger partial charge in [0, 0.05) is 27.6 Å². The van der Waals surface area contributed by atoms with Gasteiger partial charge in [0.05, 0.1) is 6.42 Å². The van der Waals surface area contributed by atoms with Crippen LogP contribution in [0.25, 0.3) is 21.9 Å². The van der Waals surface area contributed by atoms with Gasteiger partial charge in [-0.3, -0.25) is 0 Å². The van der Waals surface area contributed by atoms with Crippen LogP contribution in [0.3, 0.4) is 0 Å². The Morgan fingerprint density at radius 3 is 2.03 bits per heavy atom. The van der Waals surface area contributed by atoms with E-state index in [1.54, 1.807) is 18.2 Å². The van der Waals surface area contributed by atoms with Crippen LogP contribution < -0.4 is 0 Å². The highest BCUT2D eigenvalue weighted by molar-refractivity contribution is 5.89. The minimum absolute atomic E-state index is 0.109. The maximum absolute atomic E-state index is 15.3. The molecule has 0 unspecified atom stereocenters. The van der Waals surface area contributed by atoms with Crippen molar-refractivity contribution in [3.63, 3.8) is 0 Å². The number of benzene rings is 4. The van der Waals surface area contributed by atoms with Crippen molar-refractivity contribution in [1.82, 2.24) is 0 Å². The Labute approximate surface area is 218 Å². The van der Waals surface area contributed by atoms with Crippen molar-refractivity contribution in [2.45, 2.75) is 51.6 Å². The molecule has 0 nitrogen and oxygen atoms in total. The molecule has 4 rings (SSSR count). The van der Waals surface area contributed by atoms with E-state index in [1.807, 2.05) is 12.1 Å². The number of aryl methyl sites for hydroxylation is 1. The van der Waals surface area contributed by atoms with Gasteiger partial charge in [0.15, 0.2) is 0 Å². The summed E-state index contributed by atoms with van der Waals surface area (Å²) in [5.41, 5.74) is 1.43. The number of fused-ring (bicyclic) bond motifs is 1. The number of hydrogen-bond acceptors (Lipinski definition) is 0. The molecule has 196 valence electrons. The standard InChI is InChI=1S/C32H26F6/c1-2-3-4-5-6-21-7-9-22(10-8-21)11-12-23-13-15-26-24(17-23)14-16-27(31(26)35)25-18-29(33)28(30(34)19-25)20-32(36,37)38/h7-10,13-19H,2-6,20H2,1H3. The Bertz CT molecular complexity index is 1460. The van der Waals surface area contributed by atoms with E-state index in [0.29, 0.717) is 10.9 Å². The van der Waals surface area contributed by atoms with E-state index >= 15 is 4.39 Å². The largest absolute Gasteiger partial charge is 0.393 e. The highest BCUT2D eigenvalue weighted by Crippen LogP contribution is 2.33. The van der Waals surface area contributed by atoms with Gasteiger partial charge in [0.2, 0.25) is 0 Å². The SMILES string of the molecule is CCCCCCc1ccc(C#Cc2ccc3c(F)c(-c4cc(F)c(CC(F)(F)F)c(F)c4)ccc3c2)cc1. The van der Waals surface area contributed by atoms with E-state index in [4.69, 9.17) is 0 Å². The lowest BCUT2D eigenvalue weighted by atomic mass is 9.97. The topological polar surface area (TPSA) is 0 Å². The van der Waals surface area contributed by atoms with E-state index in [0.717, 1.165) is 24.1 Å². The van der Waals surface area contributed by atoms with Crippen LogP contribution >= 0.6 is 0 Å². The van der Waals surface area contributed by atoms with Crippen LogP contribution in [0.4, 0.5) is 26.3 Å². The predicted octanol–water partition coefficient (Wildman–Crippen LogP) is 9.55. The van der Waals surface area contributed by atoms with Crippen molar-refractivity contribution >= 4 is 10.8 Å². The molecule has 0 aliphatic carbocycles. The summed E-state index contributed by atoms with van der Waals surface area (Å²) in [6, 6.07) is 17.4. The number of unbranched alkanes of at least 4 members (excludes halogenated alkanes) is 3. The van der Waals surface area contributed by atoms with Gasteiger partial charge in [-0.15, -0.1) is 0 Å². The fourth-order valence-electron chi connectivity index (χ4n) is 4.38. The van der Waals surface area contributed by atoms with Gasteiger partial charge in [0.1, 0.15) is 17.5 Å². The molecule has 0 aliphatic heterocycles. The molecule has 0 saturated carbocycles. The van der Waals surface area contributed by atoms with Gasteiger partial charge < -0.3 is 0 Å². The number of halogens is 6. The Morgan fingerprint density at radius 2 is 1.37 bits per heavy atom. The number of hydrogen-bond donors (Lipinski definition) is 0. The zero-order chi connectivity index (χ0) is 27.3. The summed E-state index contributed by atoms with van der Waals surface area (Å²) < 4.78 is 81.7. The zero-order valence-electron chi connectivity index (χ0n) is 20.9. The van der Waals surface area contributed by atoms with Crippen LogP contribution in [0.2, 0.25) is 0 Å². The van der Waals surface area contributed by atoms with Crippen molar-refractivity contribution in [2.24, 2.45) is 0 Å². The summed E-state index contributed by atoms with van der Waals surface area (Å²) in [6.07, 6.45) is -0.614. The molecule has 0 aromatic heterocycles. The first-order valence-corrected chi connectivity index (χ1v) is 12.5. The molecule has 0 N–H and O–H groups in total. The van der Waals surface area contributed by atoms with Gasteiger partial charge in [-0.2, -0.15) is 13.2 Å². The molecule has 0 radical (unpaired) electrons. The average molecular weight is 525 g/mol. The zero-order valence-corrected chi connectivity index (χ0v) is 20.9. The molecule has 0 spiro atoms. The minimum Gasteiger partial charge on any atom is -0.207 e. The average Bonchev–Trinajstić information content (AvgIpc) is 2.88. The van der Waals surface area contributed by atoms with Crippen molar-refractivity contribution in [3.8, 4) is 23.0 Å². The summed E-state index contributed by atoms with van der Waals surface area (Å²) >= 11 is 0. The quantitative estimate of drug-likeness (QED) is 0.128. The molecule has 6 heteroatoms. The lowest BCUT2D eigenvalue weighted by Crippen LogP contribution is -2.14. The fraction of sp³-hybridized carbons (Fsp3) is 0.250. The summed E-state index contributed by atoms with van der Waals surface area (Å²) in [4.78, 5) is 0. The van der Waals surface area contributed by atoms with Crippen LogP contribution in [0.1, 0.15) is 54.9 Å². The Balaban J connectivity index is 1.54. The van der Waals surface area contributed by atoms with Gasteiger partial charge in [-0.1, -0.05) is 68.4 Å². The van der Waals surface area contributed by atoms with Crippen molar-refractivity contribution in [3.05, 3.63) is 106 Å². The van der Waals surface area contributed by atoms with Gasteiger partial charge >= 0.3 is 6.18 Å². The summed E-state index contributed by atoms with van der Waals surface area (Å²) in [5.74, 6) is 2.72. The lowest BCUT2D eigenvalue weighted by Gasteiger charge is -2.12. The molecule has 0 aliphatic rings. The Morgan fingerprint density at radius 1 is 0.711 bits per heavy atom. The number of rotatable bonds is 7. The molecule has 0 fully saturated rings. The molecule has 0 heterocycles. The van der Waals surface area contributed by atoms with E-state index in [-0.39, 0.29) is 16.5 Å². The van der Waals surface area contributed by atoms with Crippen LogP contribution in [0.5, 0.6) is 0 Å². The molecule has 0 amide bonds. The van der Waals surface area contributed by atoms with Crippen LogP contribution in [-0.2, 0) is 12.8 Å². The summed E-state index contributed by atoms with van der Waals surface area (Å²) in [6.45, 7) is 2.19. The molecule has 4 aromatic rings. The van der Waals surface area contributed by atoms with Gasteiger partial charge in [-0.05, 0) is 65.8 Å². The van der Waals surface area contributed by atoms with E-state index in [9.17, 15) is 22.0 Å². The van der Waals surface area contributed by atoms with Crippen molar-refractivity contribution < 1.29 is 26.3 Å². The van der Waals surface area contributed by atoms with Crippen LogP contribution in [-0.4, -0.2) is 6.18 Å². The molecular weight excluding hydrogens is 498 g/mol. The highest BCUT2D eigenvalue weighted by Gasteiger charge is 2.31. The highest BCUT2D eigenvalue weighted by atomic mass is 19.4. The van der Waals surface area contributed by atoms with Gasteiger partial charge in [-0.25, -0.2) is 13.2 Å². The normalized spacial score (nSPS) is 11.4. The third kappa shape index (κ3) is 6.77. The molecule has 4 aromatic carbocycles. The fourth-order valence-corrected chi connectivity index (χ4v) is 4.38. The lowest BCUT2D eigenvalue weighted by molar-refractivity contribution is -0.128. The minimum atomic E-state index is -4.77. The van der Waals surface area contributed by atoms with Crippen molar-refractivity contribution in [1.29, 1.82) is 0 Å². The number of alkyl halides is 3. The first kappa shape index (κ1) is 27.3. The monoisotopic (exact) mass is 524 g/mol. The first-order chi connectivity index (χ1) is 18.1. The van der Waals surface area contributed by atoms with E-state index < -0.39 is 35.6 Å². The van der Waals surface area contributed by atoms with Gasteiger partial charge in [0.25, 0.3) is 0 Å². The molecule has 0 bridgehead atoms. The molecule has 0 saturated heterocycles. The third-order valence-electron chi connectivity index (χ3n) is 6.41. The second kappa shape index (κ2) is 11.8. The summed E-state index contributed by atoms with van der Waals surface area (Å²) in [7, 11) is 0. The molecule has 38 heavy (non-hydrogen) atoms. The maximum Gasteiger partial charge on any atom is 0.393 e. The van der Waals surface area contributed by atoms with Crippen LogP contribution in [0.15, 0.2) is 66.7 Å². The smallest absolute Gasteiger partial charge is 0.207 e. The summed E-state index contributed by atoms with van der Waals surface area (Å²) in [5, 5.41) is 0.746. The Kier molecular flexibility index (Phi) is 8.46. The first-order valence-electron chi connectivity index (χ1n) is 12.5. The third-order valence-corrected chi connectivity index (χ3v) is 6.41. The maximum atomic E-state index is 15.3. The second-order valence-electron chi connectivity index (χ2n) is 9.33. The van der Waals surface area contributed by atoms with E-state index in [2.05, 4.69) is 30.9 Å². The second-order valence-corrected chi connectivity index (χ2v) is 9.33.